The van der Waals surface area contributed by atoms with E-state index in [1.54, 1.807) is 0 Å². The fraction of sp³-hybridized carbons (Fsp3) is 1.00. The molecule has 0 radical (unpaired) electrons. The van der Waals surface area contributed by atoms with E-state index in [0.29, 0.717) is 12.0 Å². The number of hydrogen-bond acceptors (Lipinski definition) is 2. The zero-order valence-corrected chi connectivity index (χ0v) is 6.00. The van der Waals surface area contributed by atoms with Gasteiger partial charge in [-0.15, -0.1) is 0 Å². The Labute approximate surface area is 55.8 Å². The average molecular weight is 130 g/mol. The summed E-state index contributed by atoms with van der Waals surface area (Å²) < 4.78 is 5.02. The predicted octanol–water partition coefficient (Wildman–Crippen LogP) is 0.792. The third-order valence-corrected chi connectivity index (χ3v) is 1.86. The quantitative estimate of drug-likeness (QED) is 0.573. The van der Waals surface area contributed by atoms with Gasteiger partial charge in [-0.2, -0.15) is 0 Å². The van der Waals surface area contributed by atoms with E-state index in [2.05, 4.69) is 0 Å². The Morgan fingerprint density at radius 1 is 1.67 bits per heavy atom. The average Bonchev–Trinajstić information content (AvgIpc) is 2.50. The topological polar surface area (TPSA) is 32.8 Å². The molecule has 0 saturated carbocycles. The summed E-state index contributed by atoms with van der Waals surface area (Å²) in [5.41, 5.74) is 0. The van der Waals surface area contributed by atoms with Gasteiger partial charge < -0.3 is 9.84 Å². The van der Waals surface area contributed by atoms with Gasteiger partial charge in [0.2, 0.25) is 0 Å². The minimum Gasteiger partial charge on any atom is -0.393 e. The second-order valence-electron chi connectivity index (χ2n) is 2.91. The lowest BCUT2D eigenvalue weighted by Crippen LogP contribution is -2.14. The third kappa shape index (κ3) is 2.33. The van der Waals surface area contributed by atoms with Gasteiger partial charge in [-0.3, -0.25) is 0 Å². The fourth-order valence-electron chi connectivity index (χ4n) is 0.816. The van der Waals surface area contributed by atoms with Crippen LogP contribution in [0.15, 0.2) is 0 Å². The Morgan fingerprint density at radius 3 is 2.56 bits per heavy atom. The lowest BCUT2D eigenvalue weighted by Gasteiger charge is -2.11. The molecular weight excluding hydrogens is 116 g/mol. The number of ether oxygens (including phenoxy) is 1. The first-order valence-corrected chi connectivity index (χ1v) is 3.50. The number of hydrogen-bond donors (Lipinski definition) is 1. The van der Waals surface area contributed by atoms with E-state index in [9.17, 15) is 0 Å². The number of aliphatic hydroxyl groups excluding tert-OH is 1. The minimum absolute atomic E-state index is 0.186. The first-order valence-electron chi connectivity index (χ1n) is 3.50. The zero-order chi connectivity index (χ0) is 6.85. The molecule has 3 atom stereocenters. The molecule has 2 heteroatoms. The van der Waals surface area contributed by atoms with Crippen LogP contribution in [0.2, 0.25) is 0 Å². The van der Waals surface area contributed by atoms with Crippen molar-refractivity contribution in [3.8, 4) is 0 Å². The van der Waals surface area contributed by atoms with Crippen LogP contribution < -0.4 is 0 Å². The van der Waals surface area contributed by atoms with E-state index in [1.807, 2.05) is 13.8 Å². The Kier molecular flexibility index (Phi) is 2.09. The summed E-state index contributed by atoms with van der Waals surface area (Å²) >= 11 is 0. The Hall–Kier alpha value is -0.0800. The van der Waals surface area contributed by atoms with E-state index >= 15 is 0 Å². The molecule has 0 aromatic heterocycles. The zero-order valence-electron chi connectivity index (χ0n) is 6.00. The molecule has 0 spiro atoms. The monoisotopic (exact) mass is 130 g/mol. The molecule has 3 unspecified atom stereocenters. The van der Waals surface area contributed by atoms with Gasteiger partial charge >= 0.3 is 0 Å². The van der Waals surface area contributed by atoms with Gasteiger partial charge in [0.1, 0.15) is 0 Å². The summed E-state index contributed by atoms with van der Waals surface area (Å²) in [5.74, 6) is 0.387. The lowest BCUT2D eigenvalue weighted by atomic mass is 10.0. The normalized spacial score (nSPS) is 31.7. The van der Waals surface area contributed by atoms with E-state index < -0.39 is 0 Å². The van der Waals surface area contributed by atoms with Crippen LogP contribution >= 0.6 is 0 Å². The van der Waals surface area contributed by atoms with Crippen LogP contribution in [0.4, 0.5) is 0 Å². The third-order valence-electron chi connectivity index (χ3n) is 1.86. The summed E-state index contributed by atoms with van der Waals surface area (Å²) in [4.78, 5) is 0. The van der Waals surface area contributed by atoms with Crippen molar-refractivity contribution >= 4 is 0 Å². The molecule has 0 bridgehead atoms. The van der Waals surface area contributed by atoms with Gasteiger partial charge in [0.05, 0.1) is 18.8 Å². The molecule has 9 heavy (non-hydrogen) atoms. The molecule has 1 heterocycles. The van der Waals surface area contributed by atoms with E-state index in [0.717, 1.165) is 13.0 Å². The van der Waals surface area contributed by atoms with Crippen molar-refractivity contribution in [3.63, 3.8) is 0 Å². The maximum atomic E-state index is 9.04. The van der Waals surface area contributed by atoms with Crippen LogP contribution in [-0.2, 0) is 4.74 Å². The van der Waals surface area contributed by atoms with E-state index in [-0.39, 0.29) is 6.10 Å². The second-order valence-corrected chi connectivity index (χ2v) is 2.91. The van der Waals surface area contributed by atoms with Gasteiger partial charge in [-0.1, -0.05) is 6.92 Å². The second kappa shape index (κ2) is 2.67. The van der Waals surface area contributed by atoms with Crippen molar-refractivity contribution in [2.45, 2.75) is 32.5 Å². The van der Waals surface area contributed by atoms with Gasteiger partial charge in [0, 0.05) is 0 Å². The predicted molar refractivity (Wildman–Crippen MR) is 35.2 cm³/mol. The number of rotatable bonds is 3. The maximum Gasteiger partial charge on any atom is 0.0813 e. The largest absolute Gasteiger partial charge is 0.393 e. The van der Waals surface area contributed by atoms with Crippen LogP contribution in [0.25, 0.3) is 0 Å². The van der Waals surface area contributed by atoms with Crippen molar-refractivity contribution in [1.82, 2.24) is 0 Å². The molecule has 0 aliphatic carbocycles. The van der Waals surface area contributed by atoms with E-state index in [1.165, 1.54) is 0 Å². The Morgan fingerprint density at radius 2 is 2.22 bits per heavy atom. The van der Waals surface area contributed by atoms with Crippen molar-refractivity contribution in [2.75, 3.05) is 6.61 Å². The highest BCUT2D eigenvalue weighted by molar-refractivity contribution is 4.73. The molecule has 0 amide bonds. The summed E-state index contributed by atoms with van der Waals surface area (Å²) in [7, 11) is 0. The molecule has 1 aliphatic heterocycles. The number of aliphatic hydroxyl groups is 1. The van der Waals surface area contributed by atoms with Crippen LogP contribution in [0.1, 0.15) is 20.3 Å². The Balaban J connectivity index is 2.09. The van der Waals surface area contributed by atoms with Crippen molar-refractivity contribution < 1.29 is 9.84 Å². The van der Waals surface area contributed by atoms with Gasteiger partial charge in [-0.05, 0) is 19.3 Å². The van der Waals surface area contributed by atoms with Gasteiger partial charge in [0.15, 0.2) is 0 Å². The van der Waals surface area contributed by atoms with Crippen molar-refractivity contribution in [3.05, 3.63) is 0 Å². The molecule has 1 N–H and O–H groups in total. The lowest BCUT2D eigenvalue weighted by molar-refractivity contribution is 0.124. The molecule has 0 aromatic carbocycles. The number of epoxide rings is 1. The highest BCUT2D eigenvalue weighted by Crippen LogP contribution is 2.20. The van der Waals surface area contributed by atoms with Crippen molar-refractivity contribution in [1.29, 1.82) is 0 Å². The molecule has 1 fully saturated rings. The standard InChI is InChI=1S/C7H14O2/c1-5(6(2)8)3-7-4-9-7/h5-8H,3-4H2,1-2H3. The van der Waals surface area contributed by atoms with Crippen LogP contribution in [-0.4, -0.2) is 23.9 Å². The molecule has 0 aromatic rings. The maximum absolute atomic E-state index is 9.04. The SMILES string of the molecule is CC(O)C(C)CC1CO1. The molecule has 1 aliphatic rings. The molecule has 54 valence electrons. The van der Waals surface area contributed by atoms with Crippen LogP contribution in [0, 0.1) is 5.92 Å². The summed E-state index contributed by atoms with van der Waals surface area (Å²) in [6, 6.07) is 0. The first-order chi connectivity index (χ1) is 4.20. The minimum atomic E-state index is -0.186. The van der Waals surface area contributed by atoms with Crippen LogP contribution in [0.3, 0.4) is 0 Å². The Bertz CT molecular complexity index is 86.9. The highest BCUT2D eigenvalue weighted by Gasteiger charge is 2.26. The highest BCUT2D eigenvalue weighted by atomic mass is 16.6. The fourth-order valence-corrected chi connectivity index (χ4v) is 0.816. The smallest absolute Gasteiger partial charge is 0.0813 e. The van der Waals surface area contributed by atoms with E-state index in [4.69, 9.17) is 9.84 Å². The van der Waals surface area contributed by atoms with Crippen molar-refractivity contribution in [2.24, 2.45) is 5.92 Å². The summed E-state index contributed by atoms with van der Waals surface area (Å²) in [5, 5.41) is 9.04. The molecule has 1 saturated heterocycles. The first kappa shape index (κ1) is 7.03. The molecule has 2 nitrogen and oxygen atoms in total. The van der Waals surface area contributed by atoms with Crippen LogP contribution in [0.5, 0.6) is 0 Å². The summed E-state index contributed by atoms with van der Waals surface area (Å²) in [6.45, 7) is 4.77. The summed E-state index contributed by atoms with van der Waals surface area (Å²) in [6.07, 6.45) is 1.28. The molecular formula is C7H14O2. The van der Waals surface area contributed by atoms with Gasteiger partial charge in [-0.25, -0.2) is 0 Å². The molecule has 1 rings (SSSR count). The van der Waals surface area contributed by atoms with Gasteiger partial charge in [0.25, 0.3) is 0 Å².